The number of benzene rings is 1. The number of nitrogens with one attached hydrogen (secondary N) is 1. The predicted octanol–water partition coefficient (Wildman–Crippen LogP) is 2.54. The number of piperidine rings is 1. The van der Waals surface area contributed by atoms with Gasteiger partial charge >= 0.3 is 11.3 Å². The van der Waals surface area contributed by atoms with Crippen molar-refractivity contribution in [2.24, 2.45) is 0 Å². The summed E-state index contributed by atoms with van der Waals surface area (Å²) in [7, 11) is -3.51. The molecule has 10 heteroatoms. The van der Waals surface area contributed by atoms with Crippen LogP contribution in [0.2, 0.25) is 5.02 Å². The largest absolute Gasteiger partial charge is 0.412 e. The van der Waals surface area contributed by atoms with Gasteiger partial charge in [0.05, 0.1) is 0 Å². The van der Waals surface area contributed by atoms with E-state index in [2.05, 4.69) is 15.5 Å². The summed E-state index contributed by atoms with van der Waals surface area (Å²) < 4.78 is 28.0. The van der Waals surface area contributed by atoms with Gasteiger partial charge in [-0.3, -0.25) is 0 Å². The maximum Gasteiger partial charge on any atom is 0.335 e. The highest BCUT2D eigenvalue weighted by atomic mass is 35.5. The molecule has 25 heavy (non-hydrogen) atoms. The maximum atomic E-state index is 12.3. The highest BCUT2D eigenvalue weighted by molar-refractivity contribution is 7.90. The van der Waals surface area contributed by atoms with E-state index >= 15 is 0 Å². The Balaban J connectivity index is 1.57. The molecule has 8 nitrogen and oxygen atoms in total. The molecule has 2 heterocycles. The monoisotopic (exact) mass is 384 g/mol. The number of carbonyl (C=O) groups excluding carboxylic acids is 1. The van der Waals surface area contributed by atoms with Crippen molar-refractivity contribution in [3.05, 3.63) is 35.2 Å². The lowest BCUT2D eigenvalue weighted by atomic mass is 9.97. The second kappa shape index (κ2) is 7.01. The molecule has 2 aromatic rings. The van der Waals surface area contributed by atoms with Gasteiger partial charge < -0.3 is 14.6 Å². The molecule has 2 amide bonds. The average Bonchev–Trinajstić information content (AvgIpc) is 3.07. The van der Waals surface area contributed by atoms with Crippen LogP contribution < -0.4 is 5.32 Å². The number of rotatable bonds is 3. The van der Waals surface area contributed by atoms with Crippen LogP contribution in [0.1, 0.15) is 24.7 Å². The van der Waals surface area contributed by atoms with E-state index in [0.29, 0.717) is 42.5 Å². The Kier molecular flexibility index (Phi) is 4.96. The van der Waals surface area contributed by atoms with Crippen LogP contribution in [0.4, 0.5) is 10.5 Å². The Morgan fingerprint density at radius 2 is 1.88 bits per heavy atom. The molecule has 0 saturated carbocycles. The van der Waals surface area contributed by atoms with Crippen LogP contribution in [0.25, 0.3) is 0 Å². The SMILES string of the molecule is CS(=O)(=O)c1nnc(C2CCN(C(=O)Nc3ccc(Cl)cc3)CC2)o1. The fourth-order valence-electron chi connectivity index (χ4n) is 2.60. The highest BCUT2D eigenvalue weighted by Gasteiger charge is 2.28. The van der Waals surface area contributed by atoms with Crippen molar-refractivity contribution >= 4 is 33.2 Å². The molecule has 0 bridgehead atoms. The third kappa shape index (κ3) is 4.29. The van der Waals surface area contributed by atoms with Crippen LogP contribution in [0.15, 0.2) is 33.9 Å². The lowest BCUT2D eigenvalue weighted by Gasteiger charge is -2.30. The van der Waals surface area contributed by atoms with Crippen LogP contribution in [0.3, 0.4) is 0 Å². The molecule has 1 aromatic carbocycles. The van der Waals surface area contributed by atoms with Crippen LogP contribution >= 0.6 is 11.6 Å². The minimum absolute atomic E-state index is 0.0532. The summed E-state index contributed by atoms with van der Waals surface area (Å²) in [6.45, 7) is 1.03. The van der Waals surface area contributed by atoms with Gasteiger partial charge in [-0.05, 0) is 37.1 Å². The topological polar surface area (TPSA) is 105 Å². The number of aromatic nitrogens is 2. The van der Waals surface area contributed by atoms with Crippen molar-refractivity contribution in [3.8, 4) is 0 Å². The van der Waals surface area contributed by atoms with Crippen molar-refractivity contribution in [1.29, 1.82) is 0 Å². The first-order valence-corrected chi connectivity index (χ1v) is 9.95. The summed E-state index contributed by atoms with van der Waals surface area (Å²) in [6, 6.07) is 6.69. The molecular weight excluding hydrogens is 368 g/mol. The minimum atomic E-state index is -3.51. The van der Waals surface area contributed by atoms with Crippen molar-refractivity contribution in [3.63, 3.8) is 0 Å². The zero-order valence-electron chi connectivity index (χ0n) is 13.5. The first-order chi connectivity index (χ1) is 11.8. The Morgan fingerprint density at radius 1 is 1.24 bits per heavy atom. The van der Waals surface area contributed by atoms with Crippen LogP contribution in [-0.2, 0) is 9.84 Å². The average molecular weight is 385 g/mol. The Morgan fingerprint density at radius 3 is 2.44 bits per heavy atom. The van der Waals surface area contributed by atoms with E-state index in [1.54, 1.807) is 29.2 Å². The number of nitrogens with zero attached hydrogens (tertiary/aromatic N) is 3. The van der Waals surface area contributed by atoms with E-state index in [0.717, 1.165) is 6.26 Å². The molecule has 1 N–H and O–H groups in total. The van der Waals surface area contributed by atoms with Gasteiger partial charge in [0.25, 0.3) is 0 Å². The molecule has 134 valence electrons. The van der Waals surface area contributed by atoms with Gasteiger partial charge in [-0.25, -0.2) is 13.2 Å². The lowest BCUT2D eigenvalue weighted by Crippen LogP contribution is -2.40. The van der Waals surface area contributed by atoms with E-state index in [1.807, 2.05) is 0 Å². The van der Waals surface area contributed by atoms with E-state index in [1.165, 1.54) is 0 Å². The molecule has 3 rings (SSSR count). The number of likely N-dealkylation sites (tertiary alicyclic amines) is 1. The van der Waals surface area contributed by atoms with Gasteiger partial charge in [-0.2, -0.15) is 0 Å². The molecule has 1 aliphatic rings. The summed E-state index contributed by atoms with van der Waals surface area (Å²) >= 11 is 5.82. The van der Waals surface area contributed by atoms with E-state index < -0.39 is 9.84 Å². The molecule has 0 radical (unpaired) electrons. The molecule has 1 saturated heterocycles. The molecule has 0 spiro atoms. The second-order valence-electron chi connectivity index (χ2n) is 5.88. The molecule has 0 atom stereocenters. The van der Waals surface area contributed by atoms with Crippen molar-refractivity contribution < 1.29 is 17.6 Å². The summed E-state index contributed by atoms with van der Waals surface area (Å²) in [5.41, 5.74) is 0.672. The molecule has 1 fully saturated rings. The van der Waals surface area contributed by atoms with Gasteiger partial charge in [0.1, 0.15) is 0 Å². The first-order valence-electron chi connectivity index (χ1n) is 7.68. The summed E-state index contributed by atoms with van der Waals surface area (Å²) in [5.74, 6) is 0.251. The normalized spacial score (nSPS) is 16.0. The minimum Gasteiger partial charge on any atom is -0.412 e. The number of carbonyl (C=O) groups is 1. The van der Waals surface area contributed by atoms with E-state index in [4.69, 9.17) is 16.0 Å². The van der Waals surface area contributed by atoms with Gasteiger partial charge in [-0.15, -0.1) is 5.10 Å². The molecular formula is C15H17ClN4O4S. The predicted molar refractivity (Wildman–Crippen MR) is 91.4 cm³/mol. The molecule has 0 unspecified atom stereocenters. The number of hydrogen-bond acceptors (Lipinski definition) is 6. The number of amides is 2. The van der Waals surface area contributed by atoms with Crippen LogP contribution in [-0.4, -0.2) is 48.9 Å². The zero-order valence-corrected chi connectivity index (χ0v) is 15.0. The quantitative estimate of drug-likeness (QED) is 0.871. The lowest BCUT2D eigenvalue weighted by molar-refractivity contribution is 0.188. The Hall–Kier alpha value is -2.13. The third-order valence-corrected chi connectivity index (χ3v) is 5.02. The highest BCUT2D eigenvalue weighted by Crippen LogP contribution is 2.28. The number of halogens is 1. The van der Waals surface area contributed by atoms with Crippen LogP contribution in [0, 0.1) is 0 Å². The smallest absolute Gasteiger partial charge is 0.335 e. The van der Waals surface area contributed by atoms with Crippen molar-refractivity contribution in [2.75, 3.05) is 24.7 Å². The van der Waals surface area contributed by atoms with Gasteiger partial charge in [0, 0.05) is 36.0 Å². The Labute approximate surface area is 150 Å². The molecule has 1 aromatic heterocycles. The van der Waals surface area contributed by atoms with E-state index in [9.17, 15) is 13.2 Å². The maximum absolute atomic E-state index is 12.3. The van der Waals surface area contributed by atoms with Gasteiger partial charge in [0.15, 0.2) is 0 Å². The summed E-state index contributed by atoms with van der Waals surface area (Å²) in [6.07, 6.45) is 2.27. The van der Waals surface area contributed by atoms with Crippen LogP contribution in [0.5, 0.6) is 0 Å². The fourth-order valence-corrected chi connectivity index (χ4v) is 3.15. The number of urea groups is 1. The number of sulfone groups is 1. The van der Waals surface area contributed by atoms with Crippen molar-refractivity contribution in [2.45, 2.75) is 24.0 Å². The summed E-state index contributed by atoms with van der Waals surface area (Å²) in [5, 5.41) is 10.4. The zero-order chi connectivity index (χ0) is 18.0. The first kappa shape index (κ1) is 17.7. The van der Waals surface area contributed by atoms with Gasteiger partial charge in [0.2, 0.25) is 15.7 Å². The van der Waals surface area contributed by atoms with Crippen molar-refractivity contribution in [1.82, 2.24) is 15.1 Å². The number of anilines is 1. The third-order valence-electron chi connectivity index (χ3n) is 3.97. The molecule has 1 aliphatic heterocycles. The summed E-state index contributed by atoms with van der Waals surface area (Å²) in [4.78, 5) is 14.0. The fraction of sp³-hybridized carbons (Fsp3) is 0.400. The molecule has 0 aliphatic carbocycles. The van der Waals surface area contributed by atoms with E-state index in [-0.39, 0.29) is 17.2 Å². The second-order valence-corrected chi connectivity index (χ2v) is 8.21. The number of hydrogen-bond donors (Lipinski definition) is 1. The Bertz CT molecular complexity index is 858. The standard InChI is InChI=1S/C15H17ClN4O4S/c1-25(22,23)15-19-18-13(24-15)10-6-8-20(9-7-10)14(21)17-12-4-2-11(16)3-5-12/h2-5,10H,6-9H2,1H3,(H,17,21). The van der Waals surface area contributed by atoms with Gasteiger partial charge in [-0.1, -0.05) is 16.7 Å².